The fraction of sp³-hybridized carbons (Fsp3) is 0.438. The Labute approximate surface area is 123 Å². The van der Waals surface area contributed by atoms with E-state index >= 15 is 0 Å². The molecule has 0 radical (unpaired) electrons. The number of carbonyl (C=O) groups excluding carboxylic acids is 1. The van der Waals surface area contributed by atoms with Crippen LogP contribution in [0, 0.1) is 0 Å². The van der Waals surface area contributed by atoms with Gasteiger partial charge in [-0.05, 0) is 31.4 Å². The van der Waals surface area contributed by atoms with Gasteiger partial charge in [-0.1, -0.05) is 18.2 Å². The third kappa shape index (κ3) is 2.10. The van der Waals surface area contributed by atoms with Crippen molar-refractivity contribution in [3.05, 3.63) is 35.5 Å². The largest absolute Gasteiger partial charge is 0.458 e. The maximum Gasteiger partial charge on any atom is 0.321 e. The highest BCUT2D eigenvalue weighted by Crippen LogP contribution is 2.37. The van der Waals surface area contributed by atoms with Crippen molar-refractivity contribution in [2.24, 2.45) is 7.05 Å². The van der Waals surface area contributed by atoms with E-state index in [1.807, 2.05) is 6.92 Å². The van der Waals surface area contributed by atoms with Crippen LogP contribution >= 0.6 is 11.6 Å². The van der Waals surface area contributed by atoms with E-state index in [4.69, 9.17) is 16.3 Å². The highest BCUT2D eigenvalue weighted by atomic mass is 35.5. The van der Waals surface area contributed by atoms with Crippen molar-refractivity contribution in [3.8, 4) is 0 Å². The Morgan fingerprint density at radius 2 is 2.20 bits per heavy atom. The van der Waals surface area contributed by atoms with Crippen LogP contribution in [0.1, 0.15) is 24.6 Å². The van der Waals surface area contributed by atoms with Gasteiger partial charge >= 0.3 is 5.97 Å². The van der Waals surface area contributed by atoms with Crippen molar-refractivity contribution in [1.29, 1.82) is 0 Å². The fourth-order valence-electron chi connectivity index (χ4n) is 3.27. The molecular weight excluding hydrogens is 274 g/mol. The zero-order chi connectivity index (χ0) is 14.3. The van der Waals surface area contributed by atoms with E-state index in [2.05, 4.69) is 35.9 Å². The van der Waals surface area contributed by atoms with Crippen LogP contribution in [-0.4, -0.2) is 22.0 Å². The highest BCUT2D eigenvalue weighted by molar-refractivity contribution is 6.26. The van der Waals surface area contributed by atoms with Gasteiger partial charge in [-0.25, -0.2) is 0 Å². The number of carbonyl (C=O) groups is 1. The number of benzene rings is 1. The average molecular weight is 292 g/mol. The van der Waals surface area contributed by atoms with Crippen LogP contribution in [0.3, 0.4) is 0 Å². The van der Waals surface area contributed by atoms with Gasteiger partial charge in [-0.3, -0.25) is 4.79 Å². The molecule has 0 spiro atoms. The van der Waals surface area contributed by atoms with Gasteiger partial charge in [0.25, 0.3) is 0 Å². The molecule has 0 aliphatic heterocycles. The minimum Gasteiger partial charge on any atom is -0.458 e. The van der Waals surface area contributed by atoms with E-state index in [-0.39, 0.29) is 11.8 Å². The van der Waals surface area contributed by atoms with Crippen molar-refractivity contribution >= 4 is 28.5 Å². The number of aryl methyl sites for hydroxylation is 1. The fourth-order valence-corrected chi connectivity index (χ4v) is 3.33. The quantitative estimate of drug-likeness (QED) is 0.628. The summed E-state index contributed by atoms with van der Waals surface area (Å²) >= 11 is 5.55. The zero-order valence-corrected chi connectivity index (χ0v) is 12.5. The van der Waals surface area contributed by atoms with Crippen molar-refractivity contribution in [3.63, 3.8) is 0 Å². The molecular formula is C16H18ClNO2. The Bertz CT molecular complexity index is 676. The molecule has 1 atom stereocenters. The Balaban J connectivity index is 2.02. The summed E-state index contributed by atoms with van der Waals surface area (Å²) in [4.78, 5) is 11.5. The normalized spacial score (nSPS) is 21.8. The molecule has 0 bridgehead atoms. The molecule has 0 saturated carbocycles. The van der Waals surface area contributed by atoms with Gasteiger partial charge in [-0.2, -0.15) is 0 Å². The number of ether oxygens (including phenoxy) is 1. The molecule has 1 unspecified atom stereocenters. The summed E-state index contributed by atoms with van der Waals surface area (Å²) in [6.07, 6.45) is 2.52. The number of esters is 1. The van der Waals surface area contributed by atoms with Gasteiger partial charge in [0.2, 0.25) is 0 Å². The smallest absolute Gasteiger partial charge is 0.321 e. The van der Waals surface area contributed by atoms with Crippen LogP contribution < -0.4 is 0 Å². The summed E-state index contributed by atoms with van der Waals surface area (Å²) in [6.45, 7) is 2.00. The molecule has 1 aromatic carbocycles. The lowest BCUT2D eigenvalue weighted by Gasteiger charge is -2.33. The lowest BCUT2D eigenvalue weighted by Crippen LogP contribution is -2.38. The first-order valence-electron chi connectivity index (χ1n) is 6.87. The third-order valence-corrected chi connectivity index (χ3v) is 4.47. The molecule has 0 N–H and O–H groups in total. The van der Waals surface area contributed by atoms with Gasteiger partial charge in [-0.15, -0.1) is 11.6 Å². The van der Waals surface area contributed by atoms with E-state index in [0.29, 0.717) is 0 Å². The summed E-state index contributed by atoms with van der Waals surface area (Å²) in [7, 11) is 2.11. The number of rotatable bonds is 2. The monoisotopic (exact) mass is 291 g/mol. The lowest BCUT2D eigenvalue weighted by molar-refractivity contribution is -0.155. The van der Waals surface area contributed by atoms with E-state index in [1.165, 1.54) is 22.2 Å². The molecule has 0 saturated heterocycles. The number of halogens is 1. The second-order valence-electron chi connectivity index (χ2n) is 5.74. The predicted molar refractivity (Wildman–Crippen MR) is 80.2 cm³/mol. The summed E-state index contributed by atoms with van der Waals surface area (Å²) in [5.41, 5.74) is 3.46. The average Bonchev–Trinajstić information content (AvgIpc) is 2.72. The van der Waals surface area contributed by atoms with Crippen molar-refractivity contribution in [2.75, 3.05) is 5.88 Å². The Kier molecular flexibility index (Phi) is 3.25. The first kappa shape index (κ1) is 13.5. The second-order valence-corrected chi connectivity index (χ2v) is 6.00. The van der Waals surface area contributed by atoms with Crippen LogP contribution in [0.4, 0.5) is 0 Å². The first-order chi connectivity index (χ1) is 9.54. The number of fused-ring (bicyclic) bond motifs is 3. The number of nitrogens with zero attached hydrogens (tertiary/aromatic N) is 1. The minimum atomic E-state index is -0.441. The van der Waals surface area contributed by atoms with Crippen molar-refractivity contribution in [1.82, 2.24) is 4.57 Å². The number of alkyl halides is 1. The summed E-state index contributed by atoms with van der Waals surface area (Å²) in [5.74, 6) is -0.421. The number of hydrogen-bond acceptors (Lipinski definition) is 2. The van der Waals surface area contributed by atoms with E-state index in [0.717, 1.165) is 19.3 Å². The van der Waals surface area contributed by atoms with Crippen LogP contribution in [0.25, 0.3) is 10.9 Å². The Hall–Kier alpha value is -1.48. The topological polar surface area (TPSA) is 31.2 Å². The van der Waals surface area contributed by atoms with E-state index in [1.54, 1.807) is 0 Å². The van der Waals surface area contributed by atoms with E-state index < -0.39 is 5.60 Å². The minimum absolute atomic E-state index is 0.0853. The predicted octanol–water partition coefficient (Wildman–Crippen LogP) is 3.21. The molecule has 20 heavy (non-hydrogen) atoms. The van der Waals surface area contributed by atoms with Crippen LogP contribution in [0.5, 0.6) is 0 Å². The van der Waals surface area contributed by atoms with Crippen LogP contribution in [0.2, 0.25) is 0 Å². The summed E-state index contributed by atoms with van der Waals surface area (Å²) in [6, 6.07) is 8.39. The van der Waals surface area contributed by atoms with Crippen LogP contribution in [-0.2, 0) is 29.4 Å². The number of aromatic nitrogens is 1. The molecule has 1 aliphatic carbocycles. The van der Waals surface area contributed by atoms with Gasteiger partial charge in [0.05, 0.1) is 0 Å². The van der Waals surface area contributed by atoms with Gasteiger partial charge < -0.3 is 9.30 Å². The molecule has 3 nitrogen and oxygen atoms in total. The molecule has 3 rings (SSSR count). The highest BCUT2D eigenvalue weighted by Gasteiger charge is 2.35. The SMILES string of the molecule is Cn1c2c(c3ccccc31)CC(C)(OC(=O)CCl)CC2. The van der Waals surface area contributed by atoms with Crippen molar-refractivity contribution in [2.45, 2.75) is 31.8 Å². The molecule has 106 valence electrons. The second kappa shape index (κ2) is 4.81. The van der Waals surface area contributed by atoms with Gasteiger partial charge in [0, 0.05) is 30.1 Å². The Morgan fingerprint density at radius 3 is 2.95 bits per heavy atom. The van der Waals surface area contributed by atoms with Gasteiger partial charge in [0.1, 0.15) is 11.5 Å². The third-order valence-electron chi connectivity index (χ3n) is 4.25. The Morgan fingerprint density at radius 1 is 1.45 bits per heavy atom. The molecule has 1 aliphatic rings. The maximum atomic E-state index is 11.5. The summed E-state index contributed by atoms with van der Waals surface area (Å²) in [5, 5.41) is 1.26. The van der Waals surface area contributed by atoms with Crippen molar-refractivity contribution < 1.29 is 9.53 Å². The zero-order valence-electron chi connectivity index (χ0n) is 11.8. The van der Waals surface area contributed by atoms with Gasteiger partial charge in [0.15, 0.2) is 0 Å². The molecule has 0 fully saturated rings. The molecule has 0 amide bonds. The number of hydrogen-bond donors (Lipinski definition) is 0. The summed E-state index contributed by atoms with van der Waals surface area (Å²) < 4.78 is 7.82. The number of para-hydroxylation sites is 1. The van der Waals surface area contributed by atoms with E-state index in [9.17, 15) is 4.79 Å². The standard InChI is InChI=1S/C16H18ClNO2/c1-16(20-15(19)10-17)8-7-14-12(9-16)11-5-3-4-6-13(11)18(14)2/h3-6H,7-10H2,1-2H3. The van der Waals surface area contributed by atoms with Crippen LogP contribution in [0.15, 0.2) is 24.3 Å². The molecule has 4 heteroatoms. The molecule has 1 heterocycles. The molecule has 1 aromatic heterocycles. The lowest BCUT2D eigenvalue weighted by atomic mass is 9.83. The molecule has 2 aromatic rings. The first-order valence-corrected chi connectivity index (χ1v) is 7.40. The maximum absolute atomic E-state index is 11.5.